The van der Waals surface area contributed by atoms with E-state index in [2.05, 4.69) is 9.47 Å². The normalized spacial score (nSPS) is 15.0. The van der Waals surface area contributed by atoms with Crippen LogP contribution in [0.4, 0.5) is 0 Å². The third-order valence-electron chi connectivity index (χ3n) is 1.61. The first-order chi connectivity index (χ1) is 7.51. The van der Waals surface area contributed by atoms with Crippen molar-refractivity contribution < 1.29 is 29.3 Å². The third-order valence-corrected chi connectivity index (χ3v) is 1.61. The van der Waals surface area contributed by atoms with Crippen LogP contribution >= 0.6 is 0 Å². The van der Waals surface area contributed by atoms with Crippen LogP contribution < -0.4 is 0 Å². The lowest BCUT2D eigenvalue weighted by atomic mass is 10.2. The van der Waals surface area contributed by atoms with Crippen LogP contribution in [0.2, 0.25) is 0 Å². The van der Waals surface area contributed by atoms with Gasteiger partial charge in [0.05, 0.1) is 14.2 Å². The summed E-state index contributed by atoms with van der Waals surface area (Å²) in [5.41, 5.74) is 0. The molecule has 0 unspecified atom stereocenters. The van der Waals surface area contributed by atoms with Crippen molar-refractivity contribution >= 4 is 11.9 Å². The molecule has 2 N–H and O–H groups in total. The number of carbonyl (C=O) groups excluding carboxylic acids is 2. The number of hydrogen-bond donors (Lipinski definition) is 2. The molecule has 0 heterocycles. The highest BCUT2D eigenvalue weighted by Gasteiger charge is 2.10. The molecule has 0 rings (SSSR count). The Morgan fingerprint density at radius 1 is 0.938 bits per heavy atom. The number of rotatable bonds is 5. The second-order valence-electron chi connectivity index (χ2n) is 2.75. The van der Waals surface area contributed by atoms with E-state index in [0.717, 1.165) is 24.3 Å². The first-order valence-electron chi connectivity index (χ1n) is 4.39. The molecule has 2 atom stereocenters. The van der Waals surface area contributed by atoms with E-state index in [4.69, 9.17) is 0 Å². The fourth-order valence-corrected chi connectivity index (χ4v) is 0.718. The molecule has 6 nitrogen and oxygen atoms in total. The topological polar surface area (TPSA) is 93.1 Å². The van der Waals surface area contributed by atoms with E-state index in [1.807, 2.05) is 0 Å². The molecule has 0 spiro atoms. The Morgan fingerprint density at radius 3 is 1.50 bits per heavy atom. The Hall–Kier alpha value is -1.66. The van der Waals surface area contributed by atoms with Gasteiger partial charge >= 0.3 is 11.9 Å². The van der Waals surface area contributed by atoms with E-state index in [1.54, 1.807) is 0 Å². The van der Waals surface area contributed by atoms with Gasteiger partial charge in [0, 0.05) is 12.2 Å². The maximum Gasteiger partial charge on any atom is 0.330 e. The molecule has 0 fully saturated rings. The van der Waals surface area contributed by atoms with Crippen LogP contribution in [0.25, 0.3) is 0 Å². The summed E-state index contributed by atoms with van der Waals surface area (Å²) in [6.45, 7) is 0. The van der Waals surface area contributed by atoms with E-state index in [1.165, 1.54) is 14.2 Å². The van der Waals surface area contributed by atoms with E-state index >= 15 is 0 Å². The molecule has 0 aliphatic heterocycles. The molecule has 0 saturated heterocycles. The fourth-order valence-electron chi connectivity index (χ4n) is 0.718. The zero-order chi connectivity index (χ0) is 12.6. The Balaban J connectivity index is 4.23. The van der Waals surface area contributed by atoms with Crippen molar-refractivity contribution in [3.8, 4) is 0 Å². The lowest BCUT2D eigenvalue weighted by molar-refractivity contribution is -0.135. The number of esters is 2. The zero-order valence-electron chi connectivity index (χ0n) is 8.99. The molecule has 16 heavy (non-hydrogen) atoms. The Bertz CT molecular complexity index is 264. The molecule has 0 aromatic rings. The van der Waals surface area contributed by atoms with Gasteiger partial charge < -0.3 is 19.7 Å². The van der Waals surface area contributed by atoms with Crippen LogP contribution in [0, 0.1) is 0 Å². The molecule has 0 aliphatic carbocycles. The molecule has 6 heteroatoms. The van der Waals surface area contributed by atoms with Crippen molar-refractivity contribution in [1.82, 2.24) is 0 Å². The van der Waals surface area contributed by atoms with Crippen molar-refractivity contribution in [3.63, 3.8) is 0 Å². The maximum atomic E-state index is 10.7. The maximum absolute atomic E-state index is 10.7. The molecule has 0 radical (unpaired) electrons. The van der Waals surface area contributed by atoms with Gasteiger partial charge in [-0.3, -0.25) is 0 Å². The largest absolute Gasteiger partial charge is 0.466 e. The zero-order valence-corrected chi connectivity index (χ0v) is 8.99. The lowest BCUT2D eigenvalue weighted by Crippen LogP contribution is -2.22. The van der Waals surface area contributed by atoms with Gasteiger partial charge in [-0.15, -0.1) is 0 Å². The minimum absolute atomic E-state index is 0.650. The van der Waals surface area contributed by atoms with Crippen LogP contribution in [0.5, 0.6) is 0 Å². The van der Waals surface area contributed by atoms with Crippen molar-refractivity contribution in [2.24, 2.45) is 0 Å². The highest BCUT2D eigenvalue weighted by Crippen LogP contribution is 1.98. The van der Waals surface area contributed by atoms with Gasteiger partial charge in [0.2, 0.25) is 0 Å². The SMILES string of the molecule is COC(=O)C=C[C@@H](O)[C@H](O)C=CC(=O)OC. The summed E-state index contributed by atoms with van der Waals surface area (Å²) in [4.78, 5) is 21.3. The predicted molar refractivity (Wildman–Crippen MR) is 54.3 cm³/mol. The predicted octanol–water partition coefficient (Wildman–Crippen LogP) is -0.833. The van der Waals surface area contributed by atoms with E-state index in [9.17, 15) is 19.8 Å². The van der Waals surface area contributed by atoms with Gasteiger partial charge in [0.25, 0.3) is 0 Å². The number of methoxy groups -OCH3 is 2. The van der Waals surface area contributed by atoms with Gasteiger partial charge in [-0.2, -0.15) is 0 Å². The van der Waals surface area contributed by atoms with Crippen LogP contribution in [-0.4, -0.2) is 48.6 Å². The van der Waals surface area contributed by atoms with Gasteiger partial charge in [-0.05, 0) is 12.2 Å². The summed E-state index contributed by atoms with van der Waals surface area (Å²) < 4.78 is 8.57. The Morgan fingerprint density at radius 2 is 1.25 bits per heavy atom. The molecule has 0 saturated carbocycles. The summed E-state index contributed by atoms with van der Waals surface area (Å²) in [5, 5.41) is 18.6. The second kappa shape index (κ2) is 7.61. The number of ether oxygens (including phenoxy) is 2. The summed E-state index contributed by atoms with van der Waals surface area (Å²) in [5.74, 6) is -1.30. The van der Waals surface area contributed by atoms with Crippen LogP contribution in [-0.2, 0) is 19.1 Å². The number of carbonyl (C=O) groups is 2. The van der Waals surface area contributed by atoms with Crippen molar-refractivity contribution in [2.45, 2.75) is 12.2 Å². The number of aliphatic hydroxyl groups is 2. The van der Waals surface area contributed by atoms with Crippen molar-refractivity contribution in [3.05, 3.63) is 24.3 Å². The minimum Gasteiger partial charge on any atom is -0.466 e. The highest BCUT2D eigenvalue weighted by molar-refractivity contribution is 5.82. The minimum atomic E-state index is -1.31. The van der Waals surface area contributed by atoms with Crippen molar-refractivity contribution in [2.75, 3.05) is 14.2 Å². The molecular weight excluding hydrogens is 216 g/mol. The van der Waals surface area contributed by atoms with E-state index in [0.29, 0.717) is 0 Å². The van der Waals surface area contributed by atoms with E-state index < -0.39 is 24.1 Å². The standard InChI is InChI=1S/C10H14O6/c1-15-9(13)5-3-7(11)8(12)4-6-10(14)16-2/h3-8,11-12H,1-2H3/t7-,8-/m1/s1. The lowest BCUT2D eigenvalue weighted by Gasteiger charge is -2.09. The van der Waals surface area contributed by atoms with Crippen LogP contribution in [0.1, 0.15) is 0 Å². The first kappa shape index (κ1) is 14.3. The van der Waals surface area contributed by atoms with Crippen molar-refractivity contribution in [1.29, 1.82) is 0 Å². The quantitative estimate of drug-likeness (QED) is 0.473. The summed E-state index contributed by atoms with van der Waals surface area (Å²) in [6.07, 6.45) is 1.44. The average Bonchev–Trinajstić information content (AvgIpc) is 2.31. The highest BCUT2D eigenvalue weighted by atomic mass is 16.5. The summed E-state index contributed by atoms with van der Waals surface area (Å²) in [6, 6.07) is 0. The van der Waals surface area contributed by atoms with Crippen LogP contribution in [0.15, 0.2) is 24.3 Å². The smallest absolute Gasteiger partial charge is 0.330 e. The molecule has 90 valence electrons. The molecule has 0 amide bonds. The van der Waals surface area contributed by atoms with Gasteiger partial charge in [-0.25, -0.2) is 9.59 Å². The van der Waals surface area contributed by atoms with Gasteiger partial charge in [-0.1, -0.05) is 0 Å². The summed E-state index contributed by atoms with van der Waals surface area (Å²) >= 11 is 0. The number of hydrogen-bond acceptors (Lipinski definition) is 6. The van der Waals surface area contributed by atoms with Gasteiger partial charge in [0.15, 0.2) is 0 Å². The molecule has 0 aromatic carbocycles. The average molecular weight is 230 g/mol. The summed E-state index contributed by atoms with van der Waals surface area (Å²) in [7, 11) is 2.37. The Labute approximate surface area is 92.8 Å². The molecule has 0 aliphatic rings. The van der Waals surface area contributed by atoms with E-state index in [-0.39, 0.29) is 0 Å². The third kappa shape index (κ3) is 5.94. The second-order valence-corrected chi connectivity index (χ2v) is 2.75. The van der Waals surface area contributed by atoms with Crippen LogP contribution in [0.3, 0.4) is 0 Å². The number of aliphatic hydroxyl groups excluding tert-OH is 2. The fraction of sp³-hybridized carbons (Fsp3) is 0.400. The monoisotopic (exact) mass is 230 g/mol. The molecule has 0 bridgehead atoms. The van der Waals surface area contributed by atoms with Gasteiger partial charge in [0.1, 0.15) is 12.2 Å². The Kier molecular flexibility index (Phi) is 6.82. The first-order valence-corrected chi connectivity index (χ1v) is 4.39. The molecular formula is C10H14O6. The molecule has 0 aromatic heterocycles.